The average Bonchev–Trinajstić information content (AvgIpc) is 3.27. The standard InChI is InChI=1S/C36H72N2/c1-4-6-8-10-12-14-16-18-20-22-24-26-28-30-32-37-34-35-38(36(37)3)33-31-29-27-25-23-21-19-17-15-13-11-9-7-5-2/h34-36H,4-33H2,1-3H3. The van der Waals surface area contributed by atoms with Gasteiger partial charge in [0.25, 0.3) is 0 Å². The fourth-order valence-corrected chi connectivity index (χ4v) is 6.11. The minimum atomic E-state index is 0.568. The van der Waals surface area contributed by atoms with Crippen LogP contribution in [0.5, 0.6) is 0 Å². The van der Waals surface area contributed by atoms with E-state index in [0.29, 0.717) is 6.17 Å². The molecule has 226 valence electrons. The van der Waals surface area contributed by atoms with E-state index in [9.17, 15) is 0 Å². The summed E-state index contributed by atoms with van der Waals surface area (Å²) in [7, 11) is 0. The van der Waals surface area contributed by atoms with Gasteiger partial charge in [-0.1, -0.05) is 181 Å². The van der Waals surface area contributed by atoms with Crippen molar-refractivity contribution in [2.45, 2.75) is 207 Å². The Morgan fingerprint density at radius 3 is 0.789 bits per heavy atom. The monoisotopic (exact) mass is 533 g/mol. The minimum absolute atomic E-state index is 0.568. The number of rotatable bonds is 30. The fraction of sp³-hybridized carbons (Fsp3) is 0.944. The molecule has 1 aliphatic rings. The van der Waals surface area contributed by atoms with E-state index in [1.807, 2.05) is 0 Å². The SMILES string of the molecule is CCCCCCCCCCCCCCCCN1C=CN(CCCCCCCCCCCCCCCC)C1C. The predicted octanol–water partition coefficient (Wildman–Crippen LogP) is 12.4. The highest BCUT2D eigenvalue weighted by Gasteiger charge is 2.20. The summed E-state index contributed by atoms with van der Waals surface area (Å²) in [6.45, 7) is 9.49. The van der Waals surface area contributed by atoms with Gasteiger partial charge in [0.1, 0.15) is 0 Å². The average molecular weight is 533 g/mol. The normalized spacial score (nSPS) is 13.9. The molecule has 0 N–H and O–H groups in total. The lowest BCUT2D eigenvalue weighted by Crippen LogP contribution is -2.36. The molecular weight excluding hydrogens is 460 g/mol. The quantitative estimate of drug-likeness (QED) is 0.0848. The van der Waals surface area contributed by atoms with E-state index in [-0.39, 0.29) is 0 Å². The second kappa shape index (κ2) is 27.9. The van der Waals surface area contributed by atoms with Gasteiger partial charge in [-0.05, 0) is 19.8 Å². The smallest absolute Gasteiger partial charge is 0.0977 e. The second-order valence-corrected chi connectivity index (χ2v) is 12.6. The molecule has 0 saturated heterocycles. The van der Waals surface area contributed by atoms with Gasteiger partial charge in [0.2, 0.25) is 0 Å². The van der Waals surface area contributed by atoms with Crippen molar-refractivity contribution in [2.24, 2.45) is 0 Å². The first-order valence-electron chi connectivity index (χ1n) is 18.0. The molecule has 0 atom stereocenters. The van der Waals surface area contributed by atoms with E-state index in [1.54, 1.807) is 0 Å². The van der Waals surface area contributed by atoms with Crippen LogP contribution in [0.4, 0.5) is 0 Å². The van der Waals surface area contributed by atoms with Crippen molar-refractivity contribution >= 4 is 0 Å². The third-order valence-corrected chi connectivity index (χ3v) is 8.95. The molecule has 0 saturated carbocycles. The van der Waals surface area contributed by atoms with Gasteiger partial charge in [0, 0.05) is 25.5 Å². The maximum absolute atomic E-state index is 2.57. The topological polar surface area (TPSA) is 6.48 Å². The summed E-state index contributed by atoms with van der Waals surface area (Å²) in [6.07, 6.45) is 45.7. The molecule has 0 spiro atoms. The molecule has 0 bridgehead atoms. The number of hydrogen-bond acceptors (Lipinski definition) is 2. The third kappa shape index (κ3) is 21.2. The summed E-state index contributed by atoms with van der Waals surface area (Å²) in [5.74, 6) is 0. The molecule has 1 rings (SSSR count). The summed E-state index contributed by atoms with van der Waals surface area (Å²) < 4.78 is 0. The van der Waals surface area contributed by atoms with E-state index in [4.69, 9.17) is 0 Å². The second-order valence-electron chi connectivity index (χ2n) is 12.6. The van der Waals surface area contributed by atoms with Crippen LogP contribution in [-0.2, 0) is 0 Å². The van der Waals surface area contributed by atoms with E-state index < -0.39 is 0 Å². The van der Waals surface area contributed by atoms with Gasteiger partial charge < -0.3 is 9.80 Å². The maximum Gasteiger partial charge on any atom is 0.0977 e. The van der Waals surface area contributed by atoms with E-state index >= 15 is 0 Å². The van der Waals surface area contributed by atoms with Crippen molar-refractivity contribution in [2.75, 3.05) is 13.1 Å². The summed E-state index contributed by atoms with van der Waals surface area (Å²) in [5.41, 5.74) is 0. The lowest BCUT2D eigenvalue weighted by molar-refractivity contribution is 0.165. The zero-order chi connectivity index (χ0) is 27.4. The van der Waals surface area contributed by atoms with Crippen molar-refractivity contribution in [1.82, 2.24) is 9.80 Å². The molecule has 0 aromatic rings. The van der Waals surface area contributed by atoms with Gasteiger partial charge in [0.05, 0.1) is 6.17 Å². The van der Waals surface area contributed by atoms with Crippen LogP contribution in [0.15, 0.2) is 12.4 Å². The molecular formula is C36H72N2. The van der Waals surface area contributed by atoms with Gasteiger partial charge in [-0.25, -0.2) is 0 Å². The third-order valence-electron chi connectivity index (χ3n) is 8.95. The molecule has 1 aliphatic heterocycles. The highest BCUT2D eigenvalue weighted by atomic mass is 15.4. The van der Waals surface area contributed by atoms with Crippen LogP contribution in [0, 0.1) is 0 Å². The molecule has 2 heteroatoms. The number of nitrogens with zero attached hydrogens (tertiary/aromatic N) is 2. The van der Waals surface area contributed by atoms with Crippen molar-refractivity contribution in [1.29, 1.82) is 0 Å². The van der Waals surface area contributed by atoms with Crippen LogP contribution in [0.3, 0.4) is 0 Å². The Labute approximate surface area is 241 Å². The zero-order valence-electron chi connectivity index (χ0n) is 26.8. The van der Waals surface area contributed by atoms with Crippen LogP contribution in [0.25, 0.3) is 0 Å². The molecule has 0 aliphatic carbocycles. The highest BCUT2D eigenvalue weighted by molar-refractivity contribution is 4.95. The van der Waals surface area contributed by atoms with Crippen LogP contribution in [0.2, 0.25) is 0 Å². The highest BCUT2D eigenvalue weighted by Crippen LogP contribution is 2.19. The molecule has 1 heterocycles. The van der Waals surface area contributed by atoms with Crippen molar-refractivity contribution in [3.05, 3.63) is 12.4 Å². The molecule has 0 aromatic carbocycles. The maximum atomic E-state index is 2.57. The van der Waals surface area contributed by atoms with Gasteiger partial charge in [-0.2, -0.15) is 0 Å². The summed E-state index contributed by atoms with van der Waals surface area (Å²) in [5, 5.41) is 0. The van der Waals surface area contributed by atoms with Gasteiger partial charge in [0.15, 0.2) is 0 Å². The van der Waals surface area contributed by atoms with E-state index in [1.165, 1.54) is 193 Å². The summed E-state index contributed by atoms with van der Waals surface area (Å²) in [6, 6.07) is 0. The fourth-order valence-electron chi connectivity index (χ4n) is 6.11. The Balaban J connectivity index is 1.82. The van der Waals surface area contributed by atoms with E-state index in [0.717, 1.165) is 0 Å². The molecule has 0 fully saturated rings. The first-order chi connectivity index (χ1) is 18.8. The summed E-state index contributed by atoms with van der Waals surface area (Å²) >= 11 is 0. The van der Waals surface area contributed by atoms with Gasteiger partial charge in [-0.3, -0.25) is 0 Å². The van der Waals surface area contributed by atoms with Gasteiger partial charge >= 0.3 is 0 Å². The zero-order valence-corrected chi connectivity index (χ0v) is 26.8. The Morgan fingerprint density at radius 1 is 0.342 bits per heavy atom. The van der Waals surface area contributed by atoms with Crippen LogP contribution in [0.1, 0.15) is 201 Å². The van der Waals surface area contributed by atoms with Crippen LogP contribution < -0.4 is 0 Å². The van der Waals surface area contributed by atoms with Crippen molar-refractivity contribution < 1.29 is 0 Å². The molecule has 0 unspecified atom stereocenters. The molecule has 38 heavy (non-hydrogen) atoms. The Bertz CT molecular complexity index is 446. The van der Waals surface area contributed by atoms with E-state index in [2.05, 4.69) is 43.0 Å². The first-order valence-corrected chi connectivity index (χ1v) is 18.0. The first kappa shape index (κ1) is 35.4. The van der Waals surface area contributed by atoms with Crippen molar-refractivity contribution in [3.8, 4) is 0 Å². The summed E-state index contributed by atoms with van der Waals surface area (Å²) in [4.78, 5) is 5.15. The molecule has 0 aromatic heterocycles. The minimum Gasteiger partial charge on any atom is -0.356 e. The Hall–Kier alpha value is -0.660. The van der Waals surface area contributed by atoms with Crippen molar-refractivity contribution in [3.63, 3.8) is 0 Å². The number of unbranched alkanes of at least 4 members (excludes halogenated alkanes) is 26. The Kier molecular flexibility index (Phi) is 26.0. The predicted molar refractivity (Wildman–Crippen MR) is 173 cm³/mol. The largest absolute Gasteiger partial charge is 0.356 e. The number of hydrogen-bond donors (Lipinski definition) is 0. The molecule has 0 amide bonds. The lowest BCUT2D eigenvalue weighted by Gasteiger charge is -2.30. The molecule has 2 nitrogen and oxygen atoms in total. The lowest BCUT2D eigenvalue weighted by atomic mass is 10.0. The van der Waals surface area contributed by atoms with Gasteiger partial charge in [-0.15, -0.1) is 0 Å². The molecule has 0 radical (unpaired) electrons. The van der Waals surface area contributed by atoms with Crippen LogP contribution in [-0.4, -0.2) is 29.1 Å². The Morgan fingerprint density at radius 2 is 0.553 bits per heavy atom. The van der Waals surface area contributed by atoms with Crippen LogP contribution >= 0.6 is 0 Å².